The highest BCUT2D eigenvalue weighted by Gasteiger charge is 2.23. The van der Waals surface area contributed by atoms with Gasteiger partial charge in [0.05, 0.1) is 6.54 Å². The van der Waals surface area contributed by atoms with Crippen LogP contribution in [0.25, 0.3) is 0 Å². The van der Waals surface area contributed by atoms with E-state index < -0.39 is 0 Å². The molecule has 0 atom stereocenters. The largest absolute Gasteiger partial charge is 0.297 e. The molecule has 1 aliphatic heterocycles. The van der Waals surface area contributed by atoms with Crippen LogP contribution in [0.4, 0.5) is 0 Å². The van der Waals surface area contributed by atoms with Crippen LogP contribution in [0.5, 0.6) is 0 Å². The Bertz CT molecular complexity index is 351. The minimum Gasteiger partial charge on any atom is -0.297 e. The molecule has 0 unspecified atom stereocenters. The number of aromatic nitrogens is 2. The molecule has 1 aromatic heterocycles. The van der Waals surface area contributed by atoms with Crippen LogP contribution in [0.15, 0.2) is 0 Å². The molecule has 0 amide bonds. The third-order valence-electron chi connectivity index (χ3n) is 3.23. The molecule has 0 bridgehead atoms. The first kappa shape index (κ1) is 12.3. The van der Waals surface area contributed by atoms with Crippen molar-refractivity contribution < 1.29 is 0 Å². The lowest BCUT2D eigenvalue weighted by Gasteiger charge is -2.22. The van der Waals surface area contributed by atoms with E-state index in [0.29, 0.717) is 9.88 Å². The van der Waals surface area contributed by atoms with Gasteiger partial charge in [-0.15, -0.1) is 10.2 Å². The number of halogens is 1. The van der Waals surface area contributed by atoms with Crippen molar-refractivity contribution in [3.8, 4) is 0 Å². The van der Waals surface area contributed by atoms with E-state index in [9.17, 15) is 0 Å². The highest BCUT2D eigenvalue weighted by Crippen LogP contribution is 2.30. The lowest BCUT2D eigenvalue weighted by Crippen LogP contribution is -2.24. The summed E-state index contributed by atoms with van der Waals surface area (Å²) in [5.41, 5.74) is 0.494. The predicted molar refractivity (Wildman–Crippen MR) is 67.8 cm³/mol. The zero-order chi connectivity index (χ0) is 11.6. The van der Waals surface area contributed by atoms with Crippen molar-refractivity contribution in [3.05, 3.63) is 9.47 Å². The third-order valence-corrected chi connectivity index (χ3v) is 4.24. The number of rotatable bonds is 2. The van der Waals surface area contributed by atoms with Crippen LogP contribution in [0.1, 0.15) is 38.1 Å². The van der Waals surface area contributed by atoms with Crippen LogP contribution in [0, 0.1) is 5.41 Å². The molecule has 2 heterocycles. The molecule has 0 radical (unpaired) electrons. The van der Waals surface area contributed by atoms with Gasteiger partial charge in [-0.25, -0.2) is 0 Å². The zero-order valence-corrected chi connectivity index (χ0v) is 11.4. The fraction of sp³-hybridized carbons (Fsp3) is 0.818. The second kappa shape index (κ2) is 4.98. The molecule has 0 N–H and O–H groups in total. The van der Waals surface area contributed by atoms with Crippen molar-refractivity contribution in [3.63, 3.8) is 0 Å². The molecule has 16 heavy (non-hydrogen) atoms. The van der Waals surface area contributed by atoms with Crippen LogP contribution in [0.2, 0.25) is 4.47 Å². The van der Waals surface area contributed by atoms with Crippen LogP contribution < -0.4 is 0 Å². The maximum atomic E-state index is 5.78. The fourth-order valence-corrected chi connectivity index (χ4v) is 3.04. The summed E-state index contributed by atoms with van der Waals surface area (Å²) in [4.78, 5) is 2.46. The first-order valence-corrected chi connectivity index (χ1v) is 6.95. The van der Waals surface area contributed by atoms with Gasteiger partial charge >= 0.3 is 0 Å². The molecular weight excluding hydrogens is 242 g/mol. The topological polar surface area (TPSA) is 29.0 Å². The maximum absolute atomic E-state index is 5.78. The van der Waals surface area contributed by atoms with Gasteiger partial charge in [-0.05, 0) is 49.4 Å². The molecular formula is C11H18ClN3S. The van der Waals surface area contributed by atoms with Gasteiger partial charge in [0.1, 0.15) is 5.01 Å². The van der Waals surface area contributed by atoms with Crippen molar-refractivity contribution in [2.45, 2.75) is 39.7 Å². The molecule has 3 nitrogen and oxygen atoms in total. The normalized spacial score (nSPS) is 21.9. The third kappa shape index (κ3) is 3.40. The Morgan fingerprint density at radius 2 is 2.12 bits per heavy atom. The summed E-state index contributed by atoms with van der Waals surface area (Å²) in [6.07, 6.45) is 3.86. The van der Waals surface area contributed by atoms with Crippen LogP contribution >= 0.6 is 22.9 Å². The van der Waals surface area contributed by atoms with E-state index in [-0.39, 0.29) is 0 Å². The first-order chi connectivity index (χ1) is 7.55. The van der Waals surface area contributed by atoms with E-state index in [0.717, 1.165) is 18.1 Å². The lowest BCUT2D eigenvalue weighted by atomic mass is 9.85. The van der Waals surface area contributed by atoms with Gasteiger partial charge < -0.3 is 0 Å². The number of hydrogen-bond donors (Lipinski definition) is 0. The molecule has 0 spiro atoms. The average molecular weight is 260 g/mol. The molecule has 90 valence electrons. The van der Waals surface area contributed by atoms with Crippen molar-refractivity contribution in [1.82, 2.24) is 15.1 Å². The minimum atomic E-state index is 0.494. The summed E-state index contributed by atoms with van der Waals surface area (Å²) in [7, 11) is 0. The second-order valence-corrected chi connectivity index (χ2v) is 6.89. The summed E-state index contributed by atoms with van der Waals surface area (Å²) in [5.74, 6) is 0. The Kier molecular flexibility index (Phi) is 3.82. The second-order valence-electron chi connectivity index (χ2n) is 5.24. The highest BCUT2D eigenvalue weighted by molar-refractivity contribution is 7.15. The summed E-state index contributed by atoms with van der Waals surface area (Å²) in [6, 6.07) is 0. The number of likely N-dealkylation sites (tertiary alicyclic amines) is 1. The molecule has 1 aromatic rings. The van der Waals surface area contributed by atoms with E-state index in [4.69, 9.17) is 11.6 Å². The van der Waals surface area contributed by atoms with Crippen LogP contribution in [-0.2, 0) is 6.54 Å². The van der Waals surface area contributed by atoms with E-state index in [1.165, 1.54) is 37.1 Å². The monoisotopic (exact) mass is 259 g/mol. The summed E-state index contributed by atoms with van der Waals surface area (Å²) < 4.78 is 0.546. The predicted octanol–water partition coefficient (Wildman–Crippen LogP) is 3.20. The standard InChI is InChI=1S/C11H18ClN3S/c1-11(2)4-3-6-15(7-5-11)8-9-13-14-10(12)16-9/h3-8H2,1-2H3. The summed E-state index contributed by atoms with van der Waals surface area (Å²) in [5, 5.41) is 8.95. The average Bonchev–Trinajstić information content (AvgIpc) is 2.52. The highest BCUT2D eigenvalue weighted by atomic mass is 35.5. The smallest absolute Gasteiger partial charge is 0.207 e. The van der Waals surface area contributed by atoms with Gasteiger partial charge in [0.2, 0.25) is 4.47 Å². The molecule has 1 saturated heterocycles. The molecule has 0 aliphatic carbocycles. The van der Waals surface area contributed by atoms with Gasteiger partial charge in [0.15, 0.2) is 0 Å². The van der Waals surface area contributed by atoms with Crippen LogP contribution in [-0.4, -0.2) is 28.2 Å². The fourth-order valence-electron chi connectivity index (χ4n) is 2.13. The van der Waals surface area contributed by atoms with Crippen molar-refractivity contribution in [1.29, 1.82) is 0 Å². The van der Waals surface area contributed by atoms with Crippen molar-refractivity contribution >= 4 is 22.9 Å². The molecule has 1 aliphatic rings. The van der Waals surface area contributed by atoms with Crippen molar-refractivity contribution in [2.24, 2.45) is 5.41 Å². The molecule has 0 aromatic carbocycles. The Balaban J connectivity index is 1.91. The number of hydrogen-bond acceptors (Lipinski definition) is 4. The summed E-state index contributed by atoms with van der Waals surface area (Å²) in [6.45, 7) is 7.95. The van der Waals surface area contributed by atoms with Gasteiger partial charge in [0, 0.05) is 0 Å². The van der Waals surface area contributed by atoms with E-state index in [1.807, 2.05) is 0 Å². The van der Waals surface area contributed by atoms with Gasteiger partial charge in [-0.3, -0.25) is 4.90 Å². The van der Waals surface area contributed by atoms with E-state index in [2.05, 4.69) is 28.9 Å². The van der Waals surface area contributed by atoms with Gasteiger partial charge in [0.25, 0.3) is 0 Å². The Hall–Kier alpha value is -0.190. The Morgan fingerprint density at radius 1 is 1.31 bits per heavy atom. The zero-order valence-electron chi connectivity index (χ0n) is 9.87. The van der Waals surface area contributed by atoms with Gasteiger partial charge in [-0.1, -0.05) is 25.2 Å². The Morgan fingerprint density at radius 3 is 2.81 bits per heavy atom. The van der Waals surface area contributed by atoms with E-state index >= 15 is 0 Å². The number of nitrogens with zero attached hydrogens (tertiary/aromatic N) is 3. The first-order valence-electron chi connectivity index (χ1n) is 5.75. The van der Waals surface area contributed by atoms with Crippen LogP contribution in [0.3, 0.4) is 0 Å². The molecule has 0 saturated carbocycles. The quantitative estimate of drug-likeness (QED) is 0.817. The van der Waals surface area contributed by atoms with Gasteiger partial charge in [-0.2, -0.15) is 0 Å². The Labute approximate surface area is 106 Å². The van der Waals surface area contributed by atoms with E-state index in [1.54, 1.807) is 0 Å². The minimum absolute atomic E-state index is 0.494. The molecule has 2 rings (SSSR count). The molecule has 5 heteroatoms. The van der Waals surface area contributed by atoms with Crippen molar-refractivity contribution in [2.75, 3.05) is 13.1 Å². The SMILES string of the molecule is CC1(C)CCCN(Cc2nnc(Cl)s2)CC1. The maximum Gasteiger partial charge on any atom is 0.207 e. The molecule has 1 fully saturated rings. The lowest BCUT2D eigenvalue weighted by molar-refractivity contribution is 0.255. The summed E-state index contributed by atoms with van der Waals surface area (Å²) >= 11 is 7.27.